The first-order valence-electron chi connectivity index (χ1n) is 10.6. The lowest BCUT2D eigenvalue weighted by Crippen LogP contribution is -2.21. The second kappa shape index (κ2) is 11.9. The van der Waals surface area contributed by atoms with E-state index in [1.165, 1.54) is 0 Å². The van der Waals surface area contributed by atoms with E-state index < -0.39 is 18.5 Å². The van der Waals surface area contributed by atoms with Gasteiger partial charge in [-0.15, -0.1) is 0 Å². The number of rotatable bonds is 9. The van der Waals surface area contributed by atoms with Crippen LogP contribution in [-0.4, -0.2) is 24.4 Å². The van der Waals surface area contributed by atoms with E-state index >= 15 is 0 Å². The van der Waals surface area contributed by atoms with Crippen LogP contribution in [0.5, 0.6) is 11.5 Å². The van der Waals surface area contributed by atoms with Crippen LogP contribution in [0.2, 0.25) is 5.02 Å². The predicted molar refractivity (Wildman–Crippen MR) is 131 cm³/mol. The summed E-state index contributed by atoms with van der Waals surface area (Å²) in [7, 11) is 0. The van der Waals surface area contributed by atoms with E-state index in [4.69, 9.17) is 21.1 Å². The Bertz CT molecular complexity index is 1140. The Morgan fingerprint density at radius 2 is 1.32 bits per heavy atom. The van der Waals surface area contributed by atoms with Gasteiger partial charge in [0.1, 0.15) is 11.5 Å². The molecule has 0 aliphatic rings. The molecule has 0 spiro atoms. The summed E-state index contributed by atoms with van der Waals surface area (Å²) >= 11 is 5.79. The van der Waals surface area contributed by atoms with Gasteiger partial charge in [0.25, 0.3) is 5.91 Å². The molecule has 0 aliphatic heterocycles. The molecule has 0 saturated heterocycles. The van der Waals surface area contributed by atoms with Gasteiger partial charge in [-0.05, 0) is 73.5 Å². The van der Waals surface area contributed by atoms with Crippen molar-refractivity contribution in [2.45, 2.75) is 26.7 Å². The van der Waals surface area contributed by atoms with Crippen LogP contribution in [-0.2, 0) is 19.1 Å². The van der Waals surface area contributed by atoms with E-state index in [9.17, 15) is 14.4 Å². The van der Waals surface area contributed by atoms with Crippen LogP contribution < -0.4 is 15.4 Å². The number of hydrogen-bond donors (Lipinski definition) is 2. The first-order chi connectivity index (χ1) is 16.3. The fourth-order valence-corrected chi connectivity index (χ4v) is 3.20. The zero-order valence-corrected chi connectivity index (χ0v) is 19.6. The summed E-state index contributed by atoms with van der Waals surface area (Å²) in [6.45, 7) is 3.52. The van der Waals surface area contributed by atoms with E-state index in [1.807, 2.05) is 32.0 Å². The smallest absolute Gasteiger partial charge is 0.306 e. The van der Waals surface area contributed by atoms with Gasteiger partial charge in [-0.2, -0.15) is 0 Å². The first-order valence-corrected chi connectivity index (χ1v) is 11.0. The number of para-hydroxylation sites is 1. The third-order valence-electron chi connectivity index (χ3n) is 4.82. The highest BCUT2D eigenvalue weighted by Crippen LogP contribution is 2.29. The van der Waals surface area contributed by atoms with Gasteiger partial charge in [-0.25, -0.2) is 0 Å². The zero-order valence-electron chi connectivity index (χ0n) is 18.9. The lowest BCUT2D eigenvalue weighted by Gasteiger charge is -2.12. The monoisotopic (exact) mass is 480 g/mol. The molecule has 0 fully saturated rings. The number of anilines is 2. The summed E-state index contributed by atoms with van der Waals surface area (Å²) in [4.78, 5) is 35.9. The summed E-state index contributed by atoms with van der Waals surface area (Å²) in [6, 6.07) is 19.4. The number of hydrogen-bond acceptors (Lipinski definition) is 5. The van der Waals surface area contributed by atoms with Gasteiger partial charge >= 0.3 is 5.97 Å². The molecule has 3 aromatic carbocycles. The number of ether oxygens (including phenoxy) is 2. The molecular weight excluding hydrogens is 456 g/mol. The van der Waals surface area contributed by atoms with Crippen molar-refractivity contribution in [2.24, 2.45) is 0 Å². The molecule has 0 unspecified atom stereocenters. The lowest BCUT2D eigenvalue weighted by molar-refractivity contribution is -0.147. The van der Waals surface area contributed by atoms with Gasteiger partial charge in [0.05, 0.1) is 6.42 Å². The zero-order chi connectivity index (χ0) is 24.5. The van der Waals surface area contributed by atoms with Crippen LogP contribution in [0.1, 0.15) is 24.0 Å². The minimum Gasteiger partial charge on any atom is -0.457 e. The van der Waals surface area contributed by atoms with E-state index in [0.717, 1.165) is 16.9 Å². The molecule has 176 valence electrons. The predicted octanol–water partition coefficient (Wildman–Crippen LogP) is 5.65. The number of carbonyl (C=O) groups is 3. The summed E-state index contributed by atoms with van der Waals surface area (Å²) in [6.07, 6.45) is -0.216. The molecule has 3 aromatic rings. The lowest BCUT2D eigenvalue weighted by atomic mass is 10.1. The largest absolute Gasteiger partial charge is 0.457 e. The molecule has 2 amide bonds. The van der Waals surface area contributed by atoms with E-state index in [1.54, 1.807) is 48.5 Å². The number of halogens is 1. The van der Waals surface area contributed by atoms with Gasteiger partial charge < -0.3 is 20.1 Å². The normalized spacial score (nSPS) is 10.3. The SMILES string of the molecule is Cc1cccc(C)c1Oc1ccc(NC(=O)CCC(=O)OCC(=O)Nc2ccc(Cl)cc2)cc1. The summed E-state index contributed by atoms with van der Waals surface area (Å²) in [5.74, 6) is -0.0106. The van der Waals surface area contributed by atoms with Crippen molar-refractivity contribution >= 4 is 40.8 Å². The average Bonchev–Trinajstić information content (AvgIpc) is 2.81. The van der Waals surface area contributed by atoms with Crippen LogP contribution in [0.15, 0.2) is 66.7 Å². The van der Waals surface area contributed by atoms with Gasteiger partial charge in [0.2, 0.25) is 5.91 Å². The number of esters is 1. The Morgan fingerprint density at radius 3 is 1.94 bits per heavy atom. The van der Waals surface area contributed by atoms with Gasteiger partial charge in [0.15, 0.2) is 6.61 Å². The highest BCUT2D eigenvalue weighted by molar-refractivity contribution is 6.30. The molecule has 3 rings (SSSR count). The topological polar surface area (TPSA) is 93.7 Å². The minimum absolute atomic E-state index is 0.0711. The molecule has 0 aromatic heterocycles. The summed E-state index contributed by atoms with van der Waals surface area (Å²) < 4.78 is 10.9. The highest BCUT2D eigenvalue weighted by Gasteiger charge is 2.11. The maximum absolute atomic E-state index is 12.1. The fraction of sp³-hybridized carbons (Fsp3) is 0.192. The second-order valence-electron chi connectivity index (χ2n) is 7.61. The molecule has 7 nitrogen and oxygen atoms in total. The number of carbonyl (C=O) groups excluding carboxylic acids is 3. The fourth-order valence-electron chi connectivity index (χ4n) is 3.07. The molecule has 0 atom stereocenters. The van der Waals surface area contributed by atoms with Crippen LogP contribution in [0.3, 0.4) is 0 Å². The maximum Gasteiger partial charge on any atom is 0.306 e. The average molecular weight is 481 g/mol. The Hall–Kier alpha value is -3.84. The number of aryl methyl sites for hydroxylation is 2. The molecule has 0 aliphatic carbocycles. The molecular formula is C26H25ClN2O5. The maximum atomic E-state index is 12.1. The van der Waals surface area contributed by atoms with Gasteiger partial charge in [0, 0.05) is 22.8 Å². The molecule has 8 heteroatoms. The van der Waals surface area contributed by atoms with Crippen LogP contribution in [0.25, 0.3) is 0 Å². The van der Waals surface area contributed by atoms with Crippen molar-refractivity contribution in [1.29, 1.82) is 0 Å². The van der Waals surface area contributed by atoms with Crippen LogP contribution in [0.4, 0.5) is 11.4 Å². The van der Waals surface area contributed by atoms with E-state index in [-0.39, 0.29) is 18.7 Å². The number of amides is 2. The van der Waals surface area contributed by atoms with Crippen molar-refractivity contribution in [1.82, 2.24) is 0 Å². The molecule has 2 N–H and O–H groups in total. The van der Waals surface area contributed by atoms with Crippen molar-refractivity contribution in [3.63, 3.8) is 0 Å². The Labute approximate surface area is 203 Å². The van der Waals surface area contributed by atoms with Crippen molar-refractivity contribution in [3.8, 4) is 11.5 Å². The quantitative estimate of drug-likeness (QED) is 0.386. The minimum atomic E-state index is -0.640. The van der Waals surface area contributed by atoms with Crippen molar-refractivity contribution < 1.29 is 23.9 Å². The summed E-state index contributed by atoms with van der Waals surface area (Å²) in [5, 5.41) is 5.85. The Balaban J connectivity index is 1.39. The molecule has 0 radical (unpaired) electrons. The van der Waals surface area contributed by atoms with Gasteiger partial charge in [-0.1, -0.05) is 29.8 Å². The van der Waals surface area contributed by atoms with Crippen LogP contribution >= 0.6 is 11.6 Å². The third-order valence-corrected chi connectivity index (χ3v) is 5.07. The highest BCUT2D eigenvalue weighted by atomic mass is 35.5. The number of benzene rings is 3. The molecule has 0 bridgehead atoms. The van der Waals surface area contributed by atoms with Crippen molar-refractivity contribution in [2.75, 3.05) is 17.2 Å². The van der Waals surface area contributed by atoms with E-state index in [2.05, 4.69) is 10.6 Å². The van der Waals surface area contributed by atoms with E-state index in [0.29, 0.717) is 22.1 Å². The molecule has 0 saturated carbocycles. The number of nitrogens with one attached hydrogen (secondary N) is 2. The molecule has 34 heavy (non-hydrogen) atoms. The first kappa shape index (κ1) is 24.8. The second-order valence-corrected chi connectivity index (χ2v) is 8.05. The molecule has 0 heterocycles. The summed E-state index contributed by atoms with van der Waals surface area (Å²) in [5.41, 5.74) is 3.18. The Kier molecular flexibility index (Phi) is 8.65. The van der Waals surface area contributed by atoms with Gasteiger partial charge in [-0.3, -0.25) is 14.4 Å². The van der Waals surface area contributed by atoms with Crippen LogP contribution in [0, 0.1) is 13.8 Å². The Morgan fingerprint density at radius 1 is 0.765 bits per heavy atom. The van der Waals surface area contributed by atoms with Crippen molar-refractivity contribution in [3.05, 3.63) is 82.9 Å². The standard InChI is InChI=1S/C26H25ClN2O5/c1-17-4-3-5-18(2)26(17)34-22-12-10-21(11-13-22)28-23(30)14-15-25(32)33-16-24(31)29-20-8-6-19(27)7-9-20/h3-13H,14-16H2,1-2H3,(H,28,30)(H,29,31). The third kappa shape index (κ3) is 7.64.